The van der Waals surface area contributed by atoms with Crippen molar-refractivity contribution in [3.8, 4) is 0 Å². The van der Waals surface area contributed by atoms with E-state index in [1.165, 1.54) is 4.90 Å². The van der Waals surface area contributed by atoms with Crippen molar-refractivity contribution in [3.63, 3.8) is 0 Å². The van der Waals surface area contributed by atoms with E-state index in [4.69, 9.17) is 0 Å². The van der Waals surface area contributed by atoms with Gasteiger partial charge in [-0.3, -0.25) is 19.3 Å². The van der Waals surface area contributed by atoms with Crippen LogP contribution in [0.3, 0.4) is 0 Å². The van der Waals surface area contributed by atoms with Crippen LogP contribution in [0.4, 0.5) is 0 Å². The van der Waals surface area contributed by atoms with Gasteiger partial charge in [-0.1, -0.05) is 24.3 Å². The summed E-state index contributed by atoms with van der Waals surface area (Å²) in [5.41, 5.74) is 0.853. The van der Waals surface area contributed by atoms with E-state index >= 15 is 0 Å². The molecule has 0 bridgehead atoms. The molecule has 0 aromatic heterocycles. The summed E-state index contributed by atoms with van der Waals surface area (Å²) < 4.78 is 0. The van der Waals surface area contributed by atoms with Crippen LogP contribution in [0, 0.1) is 0 Å². The molecule has 5 heteroatoms. The molecular formula is C16H16N2O3. The molecule has 108 valence electrons. The lowest BCUT2D eigenvalue weighted by atomic mass is 10.1. The molecule has 2 heterocycles. The predicted octanol–water partition coefficient (Wildman–Crippen LogP) is 1.46. The van der Waals surface area contributed by atoms with E-state index in [0.29, 0.717) is 24.2 Å². The Morgan fingerprint density at radius 3 is 2.29 bits per heavy atom. The SMILES string of the molecule is O=C(CCN1C(=O)c2ccccc2C1=O)N1CC=CCC1. The van der Waals surface area contributed by atoms with Crippen LogP contribution < -0.4 is 0 Å². The molecule has 0 fully saturated rings. The van der Waals surface area contributed by atoms with Gasteiger partial charge in [0.25, 0.3) is 11.8 Å². The van der Waals surface area contributed by atoms with Crippen molar-refractivity contribution >= 4 is 17.7 Å². The van der Waals surface area contributed by atoms with Crippen LogP contribution in [-0.4, -0.2) is 47.2 Å². The Balaban J connectivity index is 1.64. The third-order valence-corrected chi connectivity index (χ3v) is 3.84. The first kappa shape index (κ1) is 13.5. The molecule has 21 heavy (non-hydrogen) atoms. The van der Waals surface area contributed by atoms with Crippen molar-refractivity contribution in [2.75, 3.05) is 19.6 Å². The lowest BCUT2D eigenvalue weighted by Crippen LogP contribution is -2.38. The predicted molar refractivity (Wildman–Crippen MR) is 76.8 cm³/mol. The molecule has 0 unspecified atom stereocenters. The van der Waals surface area contributed by atoms with E-state index in [9.17, 15) is 14.4 Å². The largest absolute Gasteiger partial charge is 0.339 e. The smallest absolute Gasteiger partial charge is 0.261 e. The minimum absolute atomic E-state index is 0.0177. The topological polar surface area (TPSA) is 57.7 Å². The number of nitrogens with zero attached hydrogens (tertiary/aromatic N) is 2. The number of fused-ring (bicyclic) bond motifs is 1. The summed E-state index contributed by atoms with van der Waals surface area (Å²) in [6, 6.07) is 6.76. The summed E-state index contributed by atoms with van der Waals surface area (Å²) >= 11 is 0. The number of hydrogen-bond acceptors (Lipinski definition) is 3. The molecule has 0 radical (unpaired) electrons. The summed E-state index contributed by atoms with van der Waals surface area (Å²) in [6.07, 6.45) is 5.05. The second-order valence-electron chi connectivity index (χ2n) is 5.16. The maximum atomic E-state index is 12.2. The maximum absolute atomic E-state index is 12.2. The molecular weight excluding hydrogens is 268 g/mol. The van der Waals surface area contributed by atoms with E-state index in [1.54, 1.807) is 29.2 Å². The molecule has 3 amide bonds. The second-order valence-corrected chi connectivity index (χ2v) is 5.16. The molecule has 0 spiro atoms. The molecule has 0 aliphatic carbocycles. The van der Waals surface area contributed by atoms with Crippen molar-refractivity contribution in [1.29, 1.82) is 0 Å². The Morgan fingerprint density at radius 2 is 1.71 bits per heavy atom. The Morgan fingerprint density at radius 1 is 1.05 bits per heavy atom. The van der Waals surface area contributed by atoms with Gasteiger partial charge in [-0.15, -0.1) is 0 Å². The Bertz CT molecular complexity index is 601. The van der Waals surface area contributed by atoms with Gasteiger partial charge in [-0.25, -0.2) is 0 Å². The van der Waals surface area contributed by atoms with Gasteiger partial charge in [0, 0.05) is 26.1 Å². The zero-order valence-electron chi connectivity index (χ0n) is 11.6. The molecule has 2 aliphatic rings. The fourth-order valence-corrected chi connectivity index (χ4v) is 2.68. The molecule has 1 aromatic carbocycles. The minimum atomic E-state index is -0.304. The van der Waals surface area contributed by atoms with E-state index in [-0.39, 0.29) is 30.7 Å². The zero-order chi connectivity index (χ0) is 14.8. The average Bonchev–Trinajstić information content (AvgIpc) is 2.78. The number of benzene rings is 1. The number of carbonyl (C=O) groups excluding carboxylic acids is 3. The van der Waals surface area contributed by atoms with Gasteiger partial charge < -0.3 is 4.90 Å². The van der Waals surface area contributed by atoms with Gasteiger partial charge in [0.1, 0.15) is 0 Å². The lowest BCUT2D eigenvalue weighted by molar-refractivity contribution is -0.130. The first-order valence-corrected chi connectivity index (χ1v) is 7.06. The number of imide groups is 1. The van der Waals surface area contributed by atoms with E-state index < -0.39 is 0 Å². The van der Waals surface area contributed by atoms with E-state index in [1.807, 2.05) is 12.2 Å². The van der Waals surface area contributed by atoms with Crippen LogP contribution in [-0.2, 0) is 4.79 Å². The van der Waals surface area contributed by atoms with Crippen LogP contribution in [0.5, 0.6) is 0 Å². The molecule has 0 saturated carbocycles. The Kier molecular flexibility index (Phi) is 3.56. The molecule has 0 saturated heterocycles. The summed E-state index contributed by atoms with van der Waals surface area (Å²) in [6.45, 7) is 1.46. The third-order valence-electron chi connectivity index (χ3n) is 3.84. The average molecular weight is 284 g/mol. The normalized spacial score (nSPS) is 17.3. The van der Waals surface area contributed by atoms with Gasteiger partial charge >= 0.3 is 0 Å². The summed E-state index contributed by atoms with van der Waals surface area (Å²) in [7, 11) is 0. The van der Waals surface area contributed by atoms with Crippen LogP contribution in [0.15, 0.2) is 36.4 Å². The van der Waals surface area contributed by atoms with Gasteiger partial charge in [0.05, 0.1) is 11.1 Å². The highest BCUT2D eigenvalue weighted by atomic mass is 16.2. The van der Waals surface area contributed by atoms with E-state index in [0.717, 1.165) is 6.42 Å². The van der Waals surface area contributed by atoms with Crippen molar-refractivity contribution in [3.05, 3.63) is 47.5 Å². The number of hydrogen-bond donors (Lipinski definition) is 0. The Labute approximate surface area is 122 Å². The highest BCUT2D eigenvalue weighted by Gasteiger charge is 2.35. The number of amides is 3. The second kappa shape index (κ2) is 5.52. The van der Waals surface area contributed by atoms with Gasteiger partial charge in [0.15, 0.2) is 0 Å². The highest BCUT2D eigenvalue weighted by Crippen LogP contribution is 2.22. The van der Waals surface area contributed by atoms with Crippen LogP contribution in [0.2, 0.25) is 0 Å². The van der Waals surface area contributed by atoms with Gasteiger partial charge in [-0.05, 0) is 18.6 Å². The van der Waals surface area contributed by atoms with Crippen molar-refractivity contribution in [2.24, 2.45) is 0 Å². The highest BCUT2D eigenvalue weighted by molar-refractivity contribution is 6.21. The van der Waals surface area contributed by atoms with Crippen LogP contribution in [0.25, 0.3) is 0 Å². The minimum Gasteiger partial charge on any atom is -0.339 e. The molecule has 5 nitrogen and oxygen atoms in total. The monoisotopic (exact) mass is 284 g/mol. The Hall–Kier alpha value is -2.43. The fourth-order valence-electron chi connectivity index (χ4n) is 2.68. The zero-order valence-corrected chi connectivity index (χ0v) is 11.6. The molecule has 1 aromatic rings. The van der Waals surface area contributed by atoms with Crippen molar-refractivity contribution in [1.82, 2.24) is 9.80 Å². The summed E-state index contributed by atoms with van der Waals surface area (Å²) in [5.74, 6) is -0.625. The number of rotatable bonds is 3. The first-order valence-electron chi connectivity index (χ1n) is 7.06. The summed E-state index contributed by atoms with van der Waals surface area (Å²) in [4.78, 5) is 39.3. The van der Waals surface area contributed by atoms with Crippen LogP contribution >= 0.6 is 0 Å². The molecule has 2 aliphatic heterocycles. The summed E-state index contributed by atoms with van der Waals surface area (Å²) in [5, 5.41) is 0. The quantitative estimate of drug-likeness (QED) is 0.623. The van der Waals surface area contributed by atoms with Gasteiger partial charge in [0.2, 0.25) is 5.91 Å². The number of carbonyl (C=O) groups is 3. The van der Waals surface area contributed by atoms with E-state index in [2.05, 4.69) is 0 Å². The first-order chi connectivity index (χ1) is 10.2. The standard InChI is InChI=1S/C16H16N2O3/c19-14(17-9-4-1-5-10-17)8-11-18-15(20)12-6-2-3-7-13(12)16(18)21/h1-4,6-7H,5,8-11H2. The molecule has 0 N–H and O–H groups in total. The maximum Gasteiger partial charge on any atom is 0.261 e. The molecule has 0 atom stereocenters. The van der Waals surface area contributed by atoms with Crippen molar-refractivity contribution in [2.45, 2.75) is 12.8 Å². The van der Waals surface area contributed by atoms with Crippen LogP contribution in [0.1, 0.15) is 33.6 Å². The van der Waals surface area contributed by atoms with Crippen molar-refractivity contribution < 1.29 is 14.4 Å². The van der Waals surface area contributed by atoms with Gasteiger partial charge in [-0.2, -0.15) is 0 Å². The molecule has 3 rings (SSSR count). The third kappa shape index (κ3) is 2.46. The lowest BCUT2D eigenvalue weighted by Gasteiger charge is -2.24. The fraction of sp³-hybridized carbons (Fsp3) is 0.312.